The predicted octanol–water partition coefficient (Wildman–Crippen LogP) is 2.78. The van der Waals surface area contributed by atoms with Crippen LogP contribution in [0.15, 0.2) is 0 Å². The van der Waals surface area contributed by atoms with Crippen LogP contribution in [0.1, 0.15) is 48.8 Å². The number of nitrogens with zero attached hydrogens (tertiary/aromatic N) is 1. The Kier molecular flexibility index (Phi) is 5.56. The lowest BCUT2D eigenvalue weighted by atomic mass is 10.00. The highest BCUT2D eigenvalue weighted by Gasteiger charge is 2.15. The zero-order valence-electron chi connectivity index (χ0n) is 11.6. The Bertz CT molecular complexity index is 348. The zero-order chi connectivity index (χ0) is 13.0. The lowest BCUT2D eigenvalue weighted by Gasteiger charge is -2.21. The molecule has 17 heavy (non-hydrogen) atoms. The normalized spacial score (nSPS) is 16.8. The van der Waals surface area contributed by atoms with E-state index in [0.29, 0.717) is 12.0 Å². The molecular formula is C13H25N3S. The van der Waals surface area contributed by atoms with Gasteiger partial charge in [0.25, 0.3) is 0 Å². The third-order valence-electron chi connectivity index (χ3n) is 3.37. The Hall–Kier alpha value is -0.450. The Morgan fingerprint density at radius 1 is 1.35 bits per heavy atom. The fourth-order valence-corrected chi connectivity index (χ4v) is 2.81. The van der Waals surface area contributed by atoms with Crippen molar-refractivity contribution in [3.8, 4) is 0 Å². The predicted molar refractivity (Wildman–Crippen MR) is 75.4 cm³/mol. The smallest absolute Gasteiger partial charge is 0.0900 e. The lowest BCUT2D eigenvalue weighted by Crippen LogP contribution is -2.39. The molecule has 0 bridgehead atoms. The van der Waals surface area contributed by atoms with Crippen LogP contribution >= 0.6 is 11.3 Å². The number of hydrogen-bond donors (Lipinski definition) is 2. The molecule has 98 valence electrons. The standard InChI is InChI=1S/C13H25N3S/c1-6-8(2)12(14)7-15-9(3)13-10(4)16-11(5)17-13/h8-9,12,15H,6-7,14H2,1-5H3. The molecule has 4 heteroatoms. The van der Waals surface area contributed by atoms with Crippen molar-refractivity contribution in [1.29, 1.82) is 0 Å². The van der Waals surface area contributed by atoms with Crippen molar-refractivity contribution in [2.75, 3.05) is 6.54 Å². The number of nitrogens with one attached hydrogen (secondary N) is 1. The molecule has 1 aromatic heterocycles. The Morgan fingerprint density at radius 2 is 2.00 bits per heavy atom. The van der Waals surface area contributed by atoms with E-state index in [9.17, 15) is 0 Å². The van der Waals surface area contributed by atoms with Crippen LogP contribution < -0.4 is 11.1 Å². The maximum atomic E-state index is 6.12. The number of thiazole rings is 1. The first kappa shape index (κ1) is 14.6. The minimum Gasteiger partial charge on any atom is -0.326 e. The van der Waals surface area contributed by atoms with Gasteiger partial charge in [-0.1, -0.05) is 20.3 Å². The van der Waals surface area contributed by atoms with Crippen molar-refractivity contribution in [3.05, 3.63) is 15.6 Å². The molecule has 0 radical (unpaired) electrons. The highest BCUT2D eigenvalue weighted by Crippen LogP contribution is 2.24. The minimum absolute atomic E-state index is 0.233. The average Bonchev–Trinajstić information content (AvgIpc) is 2.63. The van der Waals surface area contributed by atoms with Crippen molar-refractivity contribution in [3.63, 3.8) is 0 Å². The van der Waals surface area contributed by atoms with E-state index in [0.717, 1.165) is 23.7 Å². The molecule has 0 aliphatic rings. The first-order valence-corrected chi connectivity index (χ1v) is 7.20. The van der Waals surface area contributed by atoms with Gasteiger partial charge in [0.1, 0.15) is 0 Å². The summed E-state index contributed by atoms with van der Waals surface area (Å²) in [6, 6.07) is 0.577. The second kappa shape index (κ2) is 6.47. The van der Waals surface area contributed by atoms with Crippen LogP contribution in [-0.4, -0.2) is 17.6 Å². The van der Waals surface area contributed by atoms with Crippen molar-refractivity contribution < 1.29 is 0 Å². The van der Waals surface area contributed by atoms with E-state index in [1.54, 1.807) is 11.3 Å². The molecule has 0 saturated carbocycles. The van der Waals surface area contributed by atoms with Crippen molar-refractivity contribution >= 4 is 11.3 Å². The van der Waals surface area contributed by atoms with Gasteiger partial charge in [0.15, 0.2) is 0 Å². The van der Waals surface area contributed by atoms with Crippen LogP contribution in [0.25, 0.3) is 0 Å². The Morgan fingerprint density at radius 3 is 2.47 bits per heavy atom. The van der Waals surface area contributed by atoms with E-state index >= 15 is 0 Å². The summed E-state index contributed by atoms with van der Waals surface area (Å²) in [4.78, 5) is 5.79. The fraction of sp³-hybridized carbons (Fsp3) is 0.769. The summed E-state index contributed by atoms with van der Waals surface area (Å²) >= 11 is 1.77. The number of hydrogen-bond acceptors (Lipinski definition) is 4. The van der Waals surface area contributed by atoms with Crippen LogP contribution in [0.2, 0.25) is 0 Å². The SMILES string of the molecule is CCC(C)C(N)CNC(C)c1sc(C)nc1C. The van der Waals surface area contributed by atoms with Crippen molar-refractivity contribution in [2.24, 2.45) is 11.7 Å². The molecule has 1 heterocycles. The monoisotopic (exact) mass is 255 g/mol. The molecule has 0 saturated heterocycles. The molecule has 3 atom stereocenters. The van der Waals surface area contributed by atoms with Crippen LogP contribution in [0.3, 0.4) is 0 Å². The van der Waals surface area contributed by atoms with E-state index in [4.69, 9.17) is 5.73 Å². The summed E-state index contributed by atoms with van der Waals surface area (Å²) in [5.74, 6) is 0.569. The number of aromatic nitrogens is 1. The maximum absolute atomic E-state index is 6.12. The average molecular weight is 255 g/mol. The minimum atomic E-state index is 0.233. The van der Waals surface area contributed by atoms with Gasteiger partial charge in [-0.15, -0.1) is 11.3 Å². The molecule has 0 spiro atoms. The summed E-state index contributed by atoms with van der Waals surface area (Å²) in [5, 5.41) is 4.65. The van der Waals surface area contributed by atoms with E-state index in [-0.39, 0.29) is 6.04 Å². The van der Waals surface area contributed by atoms with Gasteiger partial charge in [-0.25, -0.2) is 4.98 Å². The Labute approximate surface area is 109 Å². The van der Waals surface area contributed by atoms with Crippen molar-refractivity contribution in [2.45, 2.75) is 53.1 Å². The maximum Gasteiger partial charge on any atom is 0.0900 e. The van der Waals surface area contributed by atoms with E-state index in [1.165, 1.54) is 4.88 Å². The second-order valence-electron chi connectivity index (χ2n) is 4.86. The van der Waals surface area contributed by atoms with Crippen LogP contribution in [0.4, 0.5) is 0 Å². The van der Waals surface area contributed by atoms with Gasteiger partial charge >= 0.3 is 0 Å². The number of nitrogens with two attached hydrogens (primary N) is 1. The van der Waals surface area contributed by atoms with Gasteiger partial charge in [-0.3, -0.25) is 0 Å². The largest absolute Gasteiger partial charge is 0.326 e. The van der Waals surface area contributed by atoms with Crippen LogP contribution in [0.5, 0.6) is 0 Å². The highest BCUT2D eigenvalue weighted by molar-refractivity contribution is 7.11. The molecular weight excluding hydrogens is 230 g/mol. The van der Waals surface area contributed by atoms with Gasteiger partial charge < -0.3 is 11.1 Å². The quantitative estimate of drug-likeness (QED) is 0.822. The zero-order valence-corrected chi connectivity index (χ0v) is 12.4. The fourth-order valence-electron chi connectivity index (χ4n) is 1.86. The molecule has 3 N–H and O–H groups in total. The summed E-state index contributed by atoms with van der Waals surface area (Å²) in [7, 11) is 0. The van der Waals surface area contributed by atoms with Gasteiger partial charge in [0.2, 0.25) is 0 Å². The molecule has 1 aromatic rings. The summed E-state index contributed by atoms with van der Waals surface area (Å²) in [6.07, 6.45) is 1.13. The summed E-state index contributed by atoms with van der Waals surface area (Å²) in [5.41, 5.74) is 7.27. The highest BCUT2D eigenvalue weighted by atomic mass is 32.1. The topological polar surface area (TPSA) is 50.9 Å². The van der Waals surface area contributed by atoms with E-state index in [2.05, 4.69) is 44.9 Å². The van der Waals surface area contributed by atoms with Gasteiger partial charge in [-0.2, -0.15) is 0 Å². The van der Waals surface area contributed by atoms with Gasteiger partial charge in [0, 0.05) is 23.5 Å². The molecule has 0 aliphatic heterocycles. The number of rotatable bonds is 6. The molecule has 0 amide bonds. The molecule has 3 nitrogen and oxygen atoms in total. The second-order valence-corrected chi connectivity index (χ2v) is 6.10. The van der Waals surface area contributed by atoms with Crippen molar-refractivity contribution in [1.82, 2.24) is 10.3 Å². The third kappa shape index (κ3) is 4.05. The van der Waals surface area contributed by atoms with Crippen LogP contribution in [-0.2, 0) is 0 Å². The lowest BCUT2D eigenvalue weighted by molar-refractivity contribution is 0.403. The third-order valence-corrected chi connectivity index (χ3v) is 4.62. The first-order valence-electron chi connectivity index (χ1n) is 6.38. The molecule has 0 aromatic carbocycles. The molecule has 3 unspecified atom stereocenters. The Balaban J connectivity index is 2.50. The molecule has 1 rings (SSSR count). The number of aryl methyl sites for hydroxylation is 2. The summed E-state index contributed by atoms with van der Waals surface area (Å²) < 4.78 is 0. The van der Waals surface area contributed by atoms with Gasteiger partial charge in [0.05, 0.1) is 10.7 Å². The van der Waals surface area contributed by atoms with Gasteiger partial charge in [-0.05, 0) is 26.7 Å². The molecule has 0 aliphatic carbocycles. The summed E-state index contributed by atoms with van der Waals surface area (Å²) in [6.45, 7) is 11.6. The first-order chi connectivity index (χ1) is 7.95. The van der Waals surface area contributed by atoms with E-state index < -0.39 is 0 Å². The van der Waals surface area contributed by atoms with Crippen LogP contribution in [0, 0.1) is 19.8 Å². The van der Waals surface area contributed by atoms with E-state index in [1.807, 2.05) is 0 Å². The molecule has 0 fully saturated rings.